The molecule has 3 rings (SSSR count). The van der Waals surface area contributed by atoms with E-state index in [2.05, 4.69) is 10.6 Å². The summed E-state index contributed by atoms with van der Waals surface area (Å²) in [7, 11) is 0. The van der Waals surface area contributed by atoms with Gasteiger partial charge in [-0.15, -0.1) is 0 Å². The van der Waals surface area contributed by atoms with Crippen molar-refractivity contribution in [1.82, 2.24) is 0 Å². The van der Waals surface area contributed by atoms with Gasteiger partial charge in [-0.3, -0.25) is 9.59 Å². The number of carbonyl (C=O) groups excluding carboxylic acids is 2. The van der Waals surface area contributed by atoms with Crippen LogP contribution in [0.4, 0.5) is 11.4 Å². The number of nitrogens with two attached hydrogens (primary N) is 1. The van der Waals surface area contributed by atoms with Crippen LogP contribution in [0.3, 0.4) is 0 Å². The molecule has 2 aliphatic rings. The monoisotopic (exact) mass is 273 g/mol. The van der Waals surface area contributed by atoms with Crippen LogP contribution >= 0.6 is 0 Å². The Morgan fingerprint density at radius 3 is 2.75 bits per heavy atom. The lowest BCUT2D eigenvalue weighted by Crippen LogP contribution is -2.32. The highest BCUT2D eigenvalue weighted by atomic mass is 16.2. The number of carbonyl (C=O) groups is 2. The average molecular weight is 273 g/mol. The molecule has 0 bridgehead atoms. The first-order valence-electron chi connectivity index (χ1n) is 7.11. The van der Waals surface area contributed by atoms with Gasteiger partial charge in [-0.25, -0.2) is 0 Å². The molecule has 0 spiro atoms. The van der Waals surface area contributed by atoms with Gasteiger partial charge in [-0.2, -0.15) is 0 Å². The molecule has 1 aliphatic carbocycles. The van der Waals surface area contributed by atoms with E-state index in [-0.39, 0.29) is 23.8 Å². The van der Waals surface area contributed by atoms with Crippen molar-refractivity contribution in [3.63, 3.8) is 0 Å². The Labute approximate surface area is 117 Å². The van der Waals surface area contributed by atoms with Gasteiger partial charge in [-0.05, 0) is 49.4 Å². The summed E-state index contributed by atoms with van der Waals surface area (Å²) < 4.78 is 0. The summed E-state index contributed by atoms with van der Waals surface area (Å²) >= 11 is 0. The lowest BCUT2D eigenvalue weighted by atomic mass is 9.86. The Morgan fingerprint density at radius 1 is 1.25 bits per heavy atom. The van der Waals surface area contributed by atoms with E-state index >= 15 is 0 Å². The number of anilines is 2. The van der Waals surface area contributed by atoms with Crippen LogP contribution in [-0.2, 0) is 16.0 Å². The molecule has 1 aromatic rings. The lowest BCUT2D eigenvalue weighted by Gasteiger charge is -2.25. The van der Waals surface area contributed by atoms with Gasteiger partial charge in [-0.1, -0.05) is 0 Å². The maximum absolute atomic E-state index is 12.2. The van der Waals surface area contributed by atoms with E-state index in [0.29, 0.717) is 6.42 Å². The molecule has 0 atom stereocenters. The molecule has 1 fully saturated rings. The van der Waals surface area contributed by atoms with Gasteiger partial charge in [0.15, 0.2) is 0 Å². The minimum atomic E-state index is 0.00439. The normalized spacial score (nSPS) is 24.9. The van der Waals surface area contributed by atoms with Crippen molar-refractivity contribution in [2.24, 2.45) is 11.7 Å². The second-order valence-corrected chi connectivity index (χ2v) is 5.70. The molecule has 5 heteroatoms. The molecule has 4 N–H and O–H groups in total. The van der Waals surface area contributed by atoms with Crippen LogP contribution in [-0.4, -0.2) is 17.9 Å². The second kappa shape index (κ2) is 5.25. The molecule has 0 saturated heterocycles. The summed E-state index contributed by atoms with van der Waals surface area (Å²) in [5.74, 6) is 0.127. The first-order valence-corrected chi connectivity index (χ1v) is 7.11. The van der Waals surface area contributed by atoms with E-state index in [1.54, 1.807) is 0 Å². The predicted molar refractivity (Wildman–Crippen MR) is 77.3 cm³/mol. The smallest absolute Gasteiger partial charge is 0.228 e. The minimum Gasteiger partial charge on any atom is -0.328 e. The number of rotatable bonds is 2. The predicted octanol–water partition coefficient (Wildman–Crippen LogP) is 1.64. The summed E-state index contributed by atoms with van der Waals surface area (Å²) in [6.45, 7) is 0. The van der Waals surface area contributed by atoms with Gasteiger partial charge in [0.2, 0.25) is 11.8 Å². The maximum atomic E-state index is 12.2. The van der Waals surface area contributed by atoms with Crippen LogP contribution in [0, 0.1) is 5.92 Å². The zero-order valence-corrected chi connectivity index (χ0v) is 11.3. The van der Waals surface area contributed by atoms with Gasteiger partial charge < -0.3 is 16.4 Å². The standard InChI is InChI=1S/C15H19N3O2/c16-11-3-1-9(2-4-11)15(20)17-12-5-6-13-10(7-12)8-14(19)18-13/h5-7,9,11H,1-4,8,16H2,(H,17,20)(H,18,19). The molecule has 1 aliphatic heterocycles. The number of nitrogens with one attached hydrogen (secondary N) is 2. The van der Waals surface area contributed by atoms with Crippen molar-refractivity contribution in [3.05, 3.63) is 23.8 Å². The highest BCUT2D eigenvalue weighted by Crippen LogP contribution is 2.28. The fourth-order valence-electron chi connectivity index (χ4n) is 2.93. The molecule has 106 valence electrons. The fraction of sp³-hybridized carbons (Fsp3) is 0.467. The number of fused-ring (bicyclic) bond motifs is 1. The van der Waals surface area contributed by atoms with E-state index in [1.165, 1.54) is 0 Å². The van der Waals surface area contributed by atoms with Crippen molar-refractivity contribution in [2.75, 3.05) is 10.6 Å². The molecule has 0 aromatic heterocycles. The largest absolute Gasteiger partial charge is 0.328 e. The fourth-order valence-corrected chi connectivity index (χ4v) is 2.93. The Balaban J connectivity index is 1.65. The number of amides is 2. The van der Waals surface area contributed by atoms with Gasteiger partial charge >= 0.3 is 0 Å². The summed E-state index contributed by atoms with van der Waals surface area (Å²) in [5.41, 5.74) is 8.40. The molecular weight excluding hydrogens is 254 g/mol. The average Bonchev–Trinajstić information content (AvgIpc) is 2.78. The molecule has 1 aromatic carbocycles. The van der Waals surface area contributed by atoms with Crippen LogP contribution in [0.25, 0.3) is 0 Å². The molecule has 2 amide bonds. The third-order valence-electron chi connectivity index (χ3n) is 4.14. The second-order valence-electron chi connectivity index (χ2n) is 5.70. The van der Waals surface area contributed by atoms with E-state index in [0.717, 1.165) is 42.6 Å². The SMILES string of the molecule is NC1CCC(C(=O)Nc2ccc3c(c2)CC(=O)N3)CC1. The van der Waals surface area contributed by atoms with Crippen molar-refractivity contribution in [2.45, 2.75) is 38.1 Å². The molecular formula is C15H19N3O2. The summed E-state index contributed by atoms with van der Waals surface area (Å²) in [5, 5.41) is 5.73. The Kier molecular flexibility index (Phi) is 3.44. The maximum Gasteiger partial charge on any atom is 0.228 e. The number of hydrogen-bond acceptors (Lipinski definition) is 3. The van der Waals surface area contributed by atoms with E-state index < -0.39 is 0 Å². The highest BCUT2D eigenvalue weighted by Gasteiger charge is 2.25. The Morgan fingerprint density at radius 2 is 2.00 bits per heavy atom. The van der Waals surface area contributed by atoms with Crippen LogP contribution in [0.2, 0.25) is 0 Å². The van der Waals surface area contributed by atoms with Crippen LogP contribution in [0.15, 0.2) is 18.2 Å². The minimum absolute atomic E-state index is 0.00439. The zero-order valence-electron chi connectivity index (χ0n) is 11.3. The molecule has 1 saturated carbocycles. The number of benzene rings is 1. The van der Waals surface area contributed by atoms with Gasteiger partial charge in [0.1, 0.15) is 0 Å². The van der Waals surface area contributed by atoms with Gasteiger partial charge in [0.25, 0.3) is 0 Å². The Hall–Kier alpha value is -1.88. The highest BCUT2D eigenvalue weighted by molar-refractivity contribution is 6.00. The third kappa shape index (κ3) is 2.67. The molecule has 1 heterocycles. The van der Waals surface area contributed by atoms with Crippen molar-refractivity contribution in [3.8, 4) is 0 Å². The molecule has 0 radical (unpaired) electrons. The van der Waals surface area contributed by atoms with Gasteiger partial charge in [0, 0.05) is 23.3 Å². The van der Waals surface area contributed by atoms with Gasteiger partial charge in [0.05, 0.1) is 6.42 Å². The van der Waals surface area contributed by atoms with E-state index in [1.807, 2.05) is 18.2 Å². The lowest BCUT2D eigenvalue weighted by molar-refractivity contribution is -0.120. The quantitative estimate of drug-likeness (QED) is 0.765. The van der Waals surface area contributed by atoms with E-state index in [9.17, 15) is 9.59 Å². The topological polar surface area (TPSA) is 84.2 Å². The summed E-state index contributed by atoms with van der Waals surface area (Å²) in [4.78, 5) is 23.5. The third-order valence-corrected chi connectivity index (χ3v) is 4.14. The number of hydrogen-bond donors (Lipinski definition) is 3. The van der Waals surface area contributed by atoms with Crippen LogP contribution in [0.1, 0.15) is 31.2 Å². The van der Waals surface area contributed by atoms with Crippen molar-refractivity contribution in [1.29, 1.82) is 0 Å². The summed E-state index contributed by atoms with van der Waals surface area (Å²) in [6.07, 6.45) is 3.94. The molecule has 0 unspecified atom stereocenters. The van der Waals surface area contributed by atoms with Crippen molar-refractivity contribution >= 4 is 23.2 Å². The first kappa shape index (κ1) is 13.1. The first-order chi connectivity index (χ1) is 9.61. The van der Waals surface area contributed by atoms with Crippen molar-refractivity contribution < 1.29 is 9.59 Å². The van der Waals surface area contributed by atoms with Crippen LogP contribution < -0.4 is 16.4 Å². The summed E-state index contributed by atoms with van der Waals surface area (Å²) in [6, 6.07) is 5.79. The molecule has 5 nitrogen and oxygen atoms in total. The Bertz CT molecular complexity index is 548. The molecule has 20 heavy (non-hydrogen) atoms. The van der Waals surface area contributed by atoms with Crippen LogP contribution in [0.5, 0.6) is 0 Å². The zero-order chi connectivity index (χ0) is 14.1. The van der Waals surface area contributed by atoms with E-state index in [4.69, 9.17) is 5.73 Å².